The number of aromatic carboxylic acids is 1. The van der Waals surface area contributed by atoms with Gasteiger partial charge in [-0.05, 0) is 53.1 Å². The average Bonchev–Trinajstić information content (AvgIpc) is 2.88. The van der Waals surface area contributed by atoms with Crippen molar-refractivity contribution in [2.75, 3.05) is 4.72 Å². The fraction of sp³-hybridized carbons (Fsp3) is 0.0370. The second-order valence-corrected chi connectivity index (χ2v) is 9.40. The van der Waals surface area contributed by atoms with E-state index in [1.54, 1.807) is 42.5 Å². The van der Waals surface area contributed by atoms with Crippen LogP contribution in [0.15, 0.2) is 96.0 Å². The van der Waals surface area contributed by atoms with Gasteiger partial charge in [-0.2, -0.15) is 0 Å². The number of hydrogen-bond donors (Lipinski definition) is 3. The Labute approximate surface area is 208 Å². The van der Waals surface area contributed by atoms with E-state index in [0.29, 0.717) is 16.9 Å². The molecule has 3 aromatic carbocycles. The van der Waals surface area contributed by atoms with Crippen molar-refractivity contribution < 1.29 is 28.2 Å². The molecular formula is C27H22N2O6S. The maximum absolute atomic E-state index is 12.9. The number of ether oxygens (including phenoxy) is 1. The van der Waals surface area contributed by atoms with Crippen molar-refractivity contribution in [2.24, 2.45) is 0 Å². The summed E-state index contributed by atoms with van der Waals surface area (Å²) < 4.78 is 34.2. The van der Waals surface area contributed by atoms with Gasteiger partial charge >= 0.3 is 5.97 Å². The van der Waals surface area contributed by atoms with E-state index < -0.39 is 16.0 Å². The van der Waals surface area contributed by atoms with Crippen molar-refractivity contribution in [3.05, 3.63) is 113 Å². The molecule has 36 heavy (non-hydrogen) atoms. The summed E-state index contributed by atoms with van der Waals surface area (Å²) in [6.45, 7) is 0.261. The third kappa shape index (κ3) is 6.08. The second-order valence-electron chi connectivity index (χ2n) is 7.71. The molecular weight excluding hydrogens is 480 g/mol. The number of hydrogen-bond acceptors (Lipinski definition) is 6. The first kappa shape index (κ1) is 24.5. The van der Waals surface area contributed by atoms with Crippen LogP contribution in [-0.2, 0) is 16.6 Å². The molecule has 0 aliphatic rings. The van der Waals surface area contributed by atoms with Crippen molar-refractivity contribution in [2.45, 2.75) is 11.5 Å². The van der Waals surface area contributed by atoms with Gasteiger partial charge < -0.3 is 14.9 Å². The number of nitrogens with zero attached hydrogens (tertiary/aromatic N) is 1. The van der Waals surface area contributed by atoms with Crippen LogP contribution in [0.4, 0.5) is 5.82 Å². The number of aromatic nitrogens is 1. The highest BCUT2D eigenvalue weighted by molar-refractivity contribution is 7.92. The average molecular weight is 503 g/mol. The number of benzene rings is 3. The van der Waals surface area contributed by atoms with E-state index >= 15 is 0 Å². The predicted molar refractivity (Wildman–Crippen MR) is 136 cm³/mol. The summed E-state index contributed by atoms with van der Waals surface area (Å²) in [6.07, 6.45) is 4.84. The molecule has 1 heterocycles. The Bertz CT molecular complexity index is 1500. The number of carboxylic acid groups (broad SMARTS) is 1. The molecule has 9 heteroatoms. The standard InChI is InChI=1S/C27H22N2O6S/c30-24-15-12-20(17-23(24)27(31)32)9-8-19-10-13-22(14-11-19)36(33,34)29-26-25(7-4-16-28-26)35-18-21-5-2-1-3-6-21/h1-17,30H,18H2,(H,28,29)(H,31,32)/b9-8+. The zero-order chi connectivity index (χ0) is 25.5. The largest absolute Gasteiger partial charge is 0.507 e. The number of anilines is 1. The van der Waals surface area contributed by atoms with Crippen LogP contribution in [0.25, 0.3) is 12.2 Å². The maximum Gasteiger partial charge on any atom is 0.339 e. The van der Waals surface area contributed by atoms with Crippen LogP contribution in [0.5, 0.6) is 11.5 Å². The molecule has 4 rings (SSSR count). The Morgan fingerprint density at radius 2 is 1.61 bits per heavy atom. The van der Waals surface area contributed by atoms with Crippen LogP contribution in [0.2, 0.25) is 0 Å². The Kier molecular flexibility index (Phi) is 7.31. The van der Waals surface area contributed by atoms with Crippen LogP contribution < -0.4 is 9.46 Å². The van der Waals surface area contributed by atoms with E-state index in [4.69, 9.17) is 9.84 Å². The lowest BCUT2D eigenvalue weighted by Crippen LogP contribution is -2.15. The molecule has 3 N–H and O–H groups in total. The zero-order valence-corrected chi connectivity index (χ0v) is 19.7. The Balaban J connectivity index is 1.47. The summed E-state index contributed by atoms with van der Waals surface area (Å²) in [5, 5.41) is 18.8. The number of sulfonamides is 1. The molecule has 0 aliphatic carbocycles. The summed E-state index contributed by atoms with van der Waals surface area (Å²) in [5.41, 5.74) is 2.00. The highest BCUT2D eigenvalue weighted by Crippen LogP contribution is 2.26. The summed E-state index contributed by atoms with van der Waals surface area (Å²) >= 11 is 0. The van der Waals surface area contributed by atoms with Crippen molar-refractivity contribution in [3.63, 3.8) is 0 Å². The van der Waals surface area contributed by atoms with Gasteiger partial charge in [0.05, 0.1) is 4.90 Å². The molecule has 0 radical (unpaired) electrons. The van der Waals surface area contributed by atoms with Crippen molar-refractivity contribution in [1.29, 1.82) is 0 Å². The number of aromatic hydroxyl groups is 1. The number of pyridine rings is 1. The lowest BCUT2D eigenvalue weighted by atomic mass is 10.1. The molecule has 0 saturated heterocycles. The molecule has 1 aromatic heterocycles. The predicted octanol–water partition coefficient (Wildman–Crippen LogP) is 5.04. The smallest absolute Gasteiger partial charge is 0.339 e. The van der Waals surface area contributed by atoms with Crippen LogP contribution in [0.1, 0.15) is 27.0 Å². The minimum absolute atomic E-state index is 0.0390. The van der Waals surface area contributed by atoms with Crippen molar-refractivity contribution in [3.8, 4) is 11.5 Å². The normalized spacial score (nSPS) is 11.3. The Hall–Kier alpha value is -4.63. The molecule has 0 spiro atoms. The number of rotatable bonds is 9. The van der Waals surface area contributed by atoms with E-state index in [2.05, 4.69) is 9.71 Å². The number of carbonyl (C=O) groups is 1. The molecule has 0 aliphatic heterocycles. The highest BCUT2D eigenvalue weighted by atomic mass is 32.2. The van der Waals surface area contributed by atoms with Crippen molar-refractivity contribution >= 4 is 34.0 Å². The molecule has 0 fully saturated rings. The Morgan fingerprint density at radius 3 is 2.33 bits per heavy atom. The minimum Gasteiger partial charge on any atom is -0.507 e. The van der Waals surface area contributed by atoms with Gasteiger partial charge in [0.15, 0.2) is 11.6 Å². The first-order chi connectivity index (χ1) is 17.3. The van der Waals surface area contributed by atoms with Crippen LogP contribution in [0, 0.1) is 0 Å². The summed E-state index contributed by atoms with van der Waals surface area (Å²) in [5.74, 6) is -1.16. The van der Waals surface area contributed by atoms with Crippen LogP contribution in [-0.4, -0.2) is 29.6 Å². The van der Waals surface area contributed by atoms with Crippen LogP contribution >= 0.6 is 0 Å². The SMILES string of the molecule is O=C(O)c1cc(/C=C/c2ccc(S(=O)(=O)Nc3ncccc3OCc3ccccc3)cc2)ccc1O. The zero-order valence-electron chi connectivity index (χ0n) is 18.9. The van der Waals surface area contributed by atoms with Gasteiger partial charge in [0, 0.05) is 6.20 Å². The number of nitrogens with one attached hydrogen (secondary N) is 1. The lowest BCUT2D eigenvalue weighted by molar-refractivity contribution is 0.0693. The molecule has 0 saturated carbocycles. The molecule has 182 valence electrons. The highest BCUT2D eigenvalue weighted by Gasteiger charge is 2.17. The molecule has 8 nitrogen and oxygen atoms in total. The Morgan fingerprint density at radius 1 is 0.917 bits per heavy atom. The summed E-state index contributed by atoms with van der Waals surface area (Å²) in [7, 11) is -3.93. The molecule has 0 unspecified atom stereocenters. The van der Waals surface area contributed by atoms with E-state index in [9.17, 15) is 18.3 Å². The quantitative estimate of drug-likeness (QED) is 0.274. The van der Waals surface area contributed by atoms with E-state index in [1.165, 1.54) is 30.5 Å². The third-order valence-corrected chi connectivity index (χ3v) is 6.50. The van der Waals surface area contributed by atoms with Gasteiger partial charge in [-0.25, -0.2) is 18.2 Å². The minimum atomic E-state index is -3.93. The maximum atomic E-state index is 12.9. The molecule has 4 aromatic rings. The number of carboxylic acids is 1. The molecule has 0 bridgehead atoms. The van der Waals surface area contributed by atoms with Gasteiger partial charge in [0.1, 0.15) is 17.9 Å². The van der Waals surface area contributed by atoms with Crippen LogP contribution in [0.3, 0.4) is 0 Å². The third-order valence-electron chi connectivity index (χ3n) is 5.15. The first-order valence-electron chi connectivity index (χ1n) is 10.8. The van der Waals surface area contributed by atoms with Crippen molar-refractivity contribution in [1.82, 2.24) is 4.98 Å². The van der Waals surface area contributed by atoms with Gasteiger partial charge in [0.2, 0.25) is 0 Å². The van der Waals surface area contributed by atoms with E-state index in [1.807, 2.05) is 30.3 Å². The lowest BCUT2D eigenvalue weighted by Gasteiger charge is -2.13. The summed E-state index contributed by atoms with van der Waals surface area (Å²) in [4.78, 5) is 15.3. The second kappa shape index (κ2) is 10.7. The molecule has 0 amide bonds. The van der Waals surface area contributed by atoms with E-state index in [-0.39, 0.29) is 28.6 Å². The van der Waals surface area contributed by atoms with Gasteiger partial charge in [0.25, 0.3) is 10.0 Å². The fourth-order valence-corrected chi connectivity index (χ4v) is 4.30. The monoisotopic (exact) mass is 502 g/mol. The molecule has 0 atom stereocenters. The fourth-order valence-electron chi connectivity index (χ4n) is 3.28. The topological polar surface area (TPSA) is 126 Å². The van der Waals surface area contributed by atoms with Gasteiger partial charge in [-0.3, -0.25) is 4.72 Å². The first-order valence-corrected chi connectivity index (χ1v) is 12.3. The van der Waals surface area contributed by atoms with E-state index in [0.717, 1.165) is 5.56 Å². The van der Waals surface area contributed by atoms with Gasteiger partial charge in [-0.15, -0.1) is 0 Å². The summed E-state index contributed by atoms with van der Waals surface area (Å²) in [6, 6.07) is 23.2. The van der Waals surface area contributed by atoms with Gasteiger partial charge in [-0.1, -0.05) is 60.7 Å². The number of phenols is 1.